The molecule has 15 heavy (non-hydrogen) atoms. The van der Waals surface area contributed by atoms with Crippen LogP contribution in [0.2, 0.25) is 0 Å². The van der Waals surface area contributed by atoms with Crippen LogP contribution >= 0.6 is 0 Å². The first-order valence-corrected chi connectivity index (χ1v) is 3.91. The lowest BCUT2D eigenvalue weighted by atomic mass is 10.3. The van der Waals surface area contributed by atoms with E-state index < -0.39 is 6.16 Å². The number of phenolic OH excluding ortho intramolecular Hbond substituents is 2. The largest absolute Gasteiger partial charge is 0.508 e. The fourth-order valence-electron chi connectivity index (χ4n) is 0.453. The maximum Gasteiger partial charge on any atom is 0.503 e. The Morgan fingerprint density at radius 2 is 1.27 bits per heavy atom. The lowest BCUT2D eigenvalue weighted by Crippen LogP contribution is -1.81. The maximum absolute atomic E-state index is 8.65. The predicted octanol–water partition coefficient (Wildman–Crippen LogP) is 2.51. The van der Waals surface area contributed by atoms with Crippen LogP contribution in [0.4, 0.5) is 4.79 Å². The van der Waals surface area contributed by atoms with Crippen molar-refractivity contribution in [2.45, 2.75) is 6.92 Å². The van der Waals surface area contributed by atoms with E-state index in [2.05, 4.69) is 6.58 Å². The lowest BCUT2D eigenvalue weighted by Gasteiger charge is -1.88. The minimum Gasteiger partial charge on any atom is -0.508 e. The van der Waals surface area contributed by atoms with Crippen molar-refractivity contribution in [3.8, 4) is 11.5 Å². The molecule has 0 fully saturated rings. The van der Waals surface area contributed by atoms with Gasteiger partial charge >= 0.3 is 6.16 Å². The molecule has 0 bridgehead atoms. The summed E-state index contributed by atoms with van der Waals surface area (Å²) in [6, 6.07) is 5.70. The molecule has 1 aromatic carbocycles. The van der Waals surface area contributed by atoms with E-state index in [-0.39, 0.29) is 11.5 Å². The van der Waals surface area contributed by atoms with Gasteiger partial charge in [-0.25, -0.2) is 4.79 Å². The highest BCUT2D eigenvalue weighted by Crippen LogP contribution is 2.13. The molecule has 5 nitrogen and oxygen atoms in total. The van der Waals surface area contributed by atoms with Gasteiger partial charge < -0.3 is 20.4 Å². The van der Waals surface area contributed by atoms with E-state index in [1.54, 1.807) is 6.08 Å². The van der Waals surface area contributed by atoms with Gasteiger partial charge in [-0.15, -0.1) is 6.58 Å². The summed E-state index contributed by atoms with van der Waals surface area (Å²) in [5, 5.41) is 31.2. The number of hydrogen-bond acceptors (Lipinski definition) is 3. The molecule has 0 spiro atoms. The Bertz CT molecular complexity index is 253. The fourth-order valence-corrected chi connectivity index (χ4v) is 0.453. The van der Waals surface area contributed by atoms with Crippen molar-refractivity contribution < 1.29 is 25.2 Å². The summed E-state index contributed by atoms with van der Waals surface area (Å²) < 4.78 is 0. The predicted molar refractivity (Wildman–Crippen MR) is 56.3 cm³/mol. The molecule has 0 saturated heterocycles. The minimum absolute atomic E-state index is 0.169. The van der Waals surface area contributed by atoms with Gasteiger partial charge in [-0.2, -0.15) is 0 Å². The molecule has 4 N–H and O–H groups in total. The van der Waals surface area contributed by atoms with Crippen LogP contribution < -0.4 is 0 Å². The normalized spacial score (nSPS) is 7.27. The molecule has 0 heterocycles. The average Bonchev–Trinajstić information content (AvgIpc) is 2.10. The Kier molecular flexibility index (Phi) is 10.1. The topological polar surface area (TPSA) is 98.0 Å². The highest BCUT2D eigenvalue weighted by molar-refractivity contribution is 5.53. The number of hydrogen-bond donors (Lipinski definition) is 4. The third kappa shape index (κ3) is 18.6. The Hall–Kier alpha value is -2.17. The highest BCUT2D eigenvalue weighted by Gasteiger charge is 1.84. The van der Waals surface area contributed by atoms with Crippen molar-refractivity contribution in [3.63, 3.8) is 0 Å². The van der Waals surface area contributed by atoms with E-state index in [9.17, 15) is 0 Å². The Balaban J connectivity index is 0. The molecule has 0 saturated carbocycles. The zero-order valence-corrected chi connectivity index (χ0v) is 8.29. The summed E-state index contributed by atoms with van der Waals surface area (Å²) >= 11 is 0. The Morgan fingerprint density at radius 3 is 1.40 bits per heavy atom. The maximum atomic E-state index is 8.65. The second-order valence-corrected chi connectivity index (χ2v) is 2.21. The van der Waals surface area contributed by atoms with Gasteiger partial charge in [0.05, 0.1) is 0 Å². The van der Waals surface area contributed by atoms with Crippen LogP contribution in [0, 0.1) is 0 Å². The van der Waals surface area contributed by atoms with Crippen LogP contribution in [0.15, 0.2) is 36.9 Å². The van der Waals surface area contributed by atoms with Gasteiger partial charge in [-0.3, -0.25) is 0 Å². The lowest BCUT2D eigenvalue weighted by molar-refractivity contribution is 0.137. The molecule has 0 amide bonds. The SMILES string of the molecule is C=CC.O=C(O)O.Oc1ccc(O)cc1. The summed E-state index contributed by atoms with van der Waals surface area (Å²) in [7, 11) is 0. The van der Waals surface area contributed by atoms with Crippen LogP contribution in [0.5, 0.6) is 11.5 Å². The minimum atomic E-state index is -1.83. The van der Waals surface area contributed by atoms with Crippen molar-refractivity contribution in [2.75, 3.05) is 0 Å². The molecule has 0 atom stereocenters. The molecular formula is C10H14O5. The van der Waals surface area contributed by atoms with E-state index in [1.807, 2.05) is 6.92 Å². The van der Waals surface area contributed by atoms with Gasteiger partial charge in [0.15, 0.2) is 0 Å². The summed E-state index contributed by atoms with van der Waals surface area (Å²) in [4.78, 5) is 8.56. The van der Waals surface area contributed by atoms with Crippen molar-refractivity contribution >= 4 is 6.16 Å². The Labute approximate surface area is 87.6 Å². The summed E-state index contributed by atoms with van der Waals surface area (Å²) in [6.45, 7) is 5.25. The van der Waals surface area contributed by atoms with Gasteiger partial charge in [0.2, 0.25) is 0 Å². The van der Waals surface area contributed by atoms with Crippen molar-refractivity contribution in [1.82, 2.24) is 0 Å². The number of carboxylic acid groups (broad SMARTS) is 2. The molecule has 0 aliphatic heterocycles. The van der Waals surface area contributed by atoms with Crippen molar-refractivity contribution in [3.05, 3.63) is 36.9 Å². The van der Waals surface area contributed by atoms with Gasteiger partial charge in [0, 0.05) is 0 Å². The molecule has 0 aromatic heterocycles. The monoisotopic (exact) mass is 214 g/mol. The first-order valence-electron chi connectivity index (χ1n) is 3.91. The van der Waals surface area contributed by atoms with E-state index in [0.717, 1.165) is 0 Å². The molecule has 1 rings (SSSR count). The molecule has 0 aliphatic carbocycles. The molecule has 0 unspecified atom stereocenters. The van der Waals surface area contributed by atoms with Crippen molar-refractivity contribution in [1.29, 1.82) is 0 Å². The first kappa shape index (κ1) is 15.3. The van der Waals surface area contributed by atoms with Crippen molar-refractivity contribution in [2.24, 2.45) is 0 Å². The highest BCUT2D eigenvalue weighted by atomic mass is 16.6. The zero-order chi connectivity index (χ0) is 12.3. The molecule has 0 aliphatic rings. The number of rotatable bonds is 0. The van der Waals surface area contributed by atoms with Gasteiger partial charge in [0.1, 0.15) is 11.5 Å². The quantitative estimate of drug-likeness (QED) is 0.393. The van der Waals surface area contributed by atoms with E-state index in [0.29, 0.717) is 0 Å². The third-order valence-electron chi connectivity index (χ3n) is 0.850. The van der Waals surface area contributed by atoms with Gasteiger partial charge in [-0.1, -0.05) is 6.08 Å². The van der Waals surface area contributed by atoms with E-state index in [1.165, 1.54) is 24.3 Å². The third-order valence-corrected chi connectivity index (χ3v) is 0.850. The zero-order valence-electron chi connectivity index (χ0n) is 8.29. The molecule has 0 radical (unpaired) electrons. The van der Waals surface area contributed by atoms with Crippen LogP contribution in [0.1, 0.15) is 6.92 Å². The number of aromatic hydroxyl groups is 2. The summed E-state index contributed by atoms with van der Waals surface area (Å²) in [5.41, 5.74) is 0. The second-order valence-electron chi connectivity index (χ2n) is 2.21. The standard InChI is InChI=1S/C6H6O2.C3H6.CH2O3/c7-5-1-2-6(8)4-3-5;1-3-2;2-1(3)4/h1-4,7-8H;3H,1H2,2H3;(H2,2,3,4). The number of allylic oxidation sites excluding steroid dienone is 1. The number of benzene rings is 1. The van der Waals surface area contributed by atoms with Gasteiger partial charge in [-0.05, 0) is 31.2 Å². The molecule has 84 valence electrons. The smallest absolute Gasteiger partial charge is 0.503 e. The van der Waals surface area contributed by atoms with E-state index >= 15 is 0 Å². The molecule has 1 aromatic rings. The molecular weight excluding hydrogens is 200 g/mol. The summed E-state index contributed by atoms with van der Waals surface area (Å²) in [5.74, 6) is 0.339. The van der Waals surface area contributed by atoms with Crippen LogP contribution in [-0.2, 0) is 0 Å². The summed E-state index contributed by atoms with van der Waals surface area (Å²) in [6.07, 6.45) is -0.0833. The average molecular weight is 214 g/mol. The van der Waals surface area contributed by atoms with Crippen LogP contribution in [0.25, 0.3) is 0 Å². The van der Waals surface area contributed by atoms with E-state index in [4.69, 9.17) is 25.2 Å². The Morgan fingerprint density at radius 1 is 1.13 bits per heavy atom. The first-order chi connectivity index (χ1) is 6.93. The van der Waals surface area contributed by atoms with Crippen LogP contribution in [0.3, 0.4) is 0 Å². The van der Waals surface area contributed by atoms with Crippen LogP contribution in [-0.4, -0.2) is 26.6 Å². The number of carbonyl (C=O) groups is 1. The number of phenols is 2. The fraction of sp³-hybridized carbons (Fsp3) is 0.100. The van der Waals surface area contributed by atoms with Gasteiger partial charge in [0.25, 0.3) is 0 Å². The molecule has 5 heteroatoms. The second kappa shape index (κ2) is 9.91.